The lowest BCUT2D eigenvalue weighted by atomic mass is 10.1. The second kappa shape index (κ2) is 7.10. The summed E-state index contributed by atoms with van der Waals surface area (Å²) in [5.74, 6) is 0. The second-order valence-corrected chi connectivity index (χ2v) is 5.64. The van der Waals surface area contributed by atoms with Gasteiger partial charge in [0.2, 0.25) is 0 Å². The van der Waals surface area contributed by atoms with Gasteiger partial charge in [-0.1, -0.05) is 6.92 Å². The van der Waals surface area contributed by atoms with Crippen molar-refractivity contribution in [1.29, 1.82) is 0 Å². The van der Waals surface area contributed by atoms with E-state index in [0.717, 1.165) is 58.7 Å². The first-order chi connectivity index (χ1) is 9.26. The number of rotatable bonds is 4. The van der Waals surface area contributed by atoms with E-state index in [-0.39, 0.29) is 6.03 Å². The van der Waals surface area contributed by atoms with E-state index in [1.807, 2.05) is 9.80 Å². The molecule has 2 amide bonds. The number of urea groups is 1. The van der Waals surface area contributed by atoms with Crippen molar-refractivity contribution in [2.24, 2.45) is 5.73 Å². The van der Waals surface area contributed by atoms with E-state index in [1.165, 1.54) is 12.8 Å². The highest BCUT2D eigenvalue weighted by atomic mass is 16.2. The van der Waals surface area contributed by atoms with E-state index < -0.39 is 0 Å². The molecule has 2 aliphatic rings. The van der Waals surface area contributed by atoms with Gasteiger partial charge in [0, 0.05) is 45.3 Å². The summed E-state index contributed by atoms with van der Waals surface area (Å²) < 4.78 is 0. The third-order valence-electron chi connectivity index (χ3n) is 4.45. The summed E-state index contributed by atoms with van der Waals surface area (Å²) in [6, 6.07) is 0.845. The van der Waals surface area contributed by atoms with Crippen molar-refractivity contribution < 1.29 is 4.79 Å². The van der Waals surface area contributed by atoms with Crippen LogP contribution in [0.4, 0.5) is 4.79 Å². The molecule has 0 radical (unpaired) electrons. The van der Waals surface area contributed by atoms with Crippen LogP contribution in [-0.4, -0.2) is 72.6 Å². The summed E-state index contributed by atoms with van der Waals surface area (Å²) in [6.45, 7) is 8.62. The summed E-state index contributed by atoms with van der Waals surface area (Å²) >= 11 is 0. The molecular formula is C14H28N4O. The lowest BCUT2D eigenvalue weighted by Crippen LogP contribution is -2.54. The molecule has 2 aliphatic heterocycles. The minimum atomic E-state index is 0.254. The monoisotopic (exact) mass is 268 g/mol. The van der Waals surface area contributed by atoms with Crippen LogP contribution in [0.2, 0.25) is 0 Å². The highest BCUT2D eigenvalue weighted by molar-refractivity contribution is 5.74. The van der Waals surface area contributed by atoms with Crippen LogP contribution in [-0.2, 0) is 0 Å². The van der Waals surface area contributed by atoms with Crippen LogP contribution < -0.4 is 5.73 Å². The molecule has 0 saturated carbocycles. The van der Waals surface area contributed by atoms with E-state index >= 15 is 0 Å². The molecule has 19 heavy (non-hydrogen) atoms. The maximum absolute atomic E-state index is 12.3. The normalized spacial score (nSPS) is 22.8. The molecule has 1 atom stereocenters. The van der Waals surface area contributed by atoms with Crippen LogP contribution in [0.1, 0.15) is 32.6 Å². The zero-order valence-corrected chi connectivity index (χ0v) is 12.2. The molecule has 2 saturated heterocycles. The predicted molar refractivity (Wildman–Crippen MR) is 77.1 cm³/mol. The Morgan fingerprint density at radius 3 is 2.16 bits per heavy atom. The Morgan fingerprint density at radius 1 is 1.05 bits per heavy atom. The first-order valence-electron chi connectivity index (χ1n) is 7.74. The SMILES string of the molecule is CCC(CCN)N1CCN(C(=O)N2CCCC2)CC1. The number of piperazine rings is 1. The molecule has 5 nitrogen and oxygen atoms in total. The van der Waals surface area contributed by atoms with Crippen LogP contribution in [0.3, 0.4) is 0 Å². The Balaban J connectivity index is 1.79. The van der Waals surface area contributed by atoms with Crippen LogP contribution in [0.15, 0.2) is 0 Å². The van der Waals surface area contributed by atoms with Crippen LogP contribution in [0.25, 0.3) is 0 Å². The zero-order valence-electron chi connectivity index (χ0n) is 12.2. The Morgan fingerprint density at radius 2 is 1.63 bits per heavy atom. The van der Waals surface area contributed by atoms with Gasteiger partial charge in [0.1, 0.15) is 0 Å². The van der Waals surface area contributed by atoms with E-state index in [0.29, 0.717) is 6.04 Å². The largest absolute Gasteiger partial charge is 0.330 e. The molecule has 1 unspecified atom stereocenters. The Labute approximate surface area is 116 Å². The van der Waals surface area contributed by atoms with Gasteiger partial charge in [-0.3, -0.25) is 4.90 Å². The van der Waals surface area contributed by atoms with Gasteiger partial charge in [-0.15, -0.1) is 0 Å². The highest BCUT2D eigenvalue weighted by Gasteiger charge is 2.28. The number of carbonyl (C=O) groups excluding carboxylic acids is 1. The molecule has 2 fully saturated rings. The number of hydrogen-bond acceptors (Lipinski definition) is 3. The van der Waals surface area contributed by atoms with Crippen molar-refractivity contribution in [3.63, 3.8) is 0 Å². The summed E-state index contributed by atoms with van der Waals surface area (Å²) in [6.07, 6.45) is 4.55. The summed E-state index contributed by atoms with van der Waals surface area (Å²) in [5, 5.41) is 0. The maximum atomic E-state index is 12.3. The fraction of sp³-hybridized carbons (Fsp3) is 0.929. The zero-order chi connectivity index (χ0) is 13.7. The average molecular weight is 268 g/mol. The Kier molecular flexibility index (Phi) is 5.45. The van der Waals surface area contributed by atoms with E-state index in [1.54, 1.807) is 0 Å². The quantitative estimate of drug-likeness (QED) is 0.826. The second-order valence-electron chi connectivity index (χ2n) is 5.64. The van der Waals surface area contributed by atoms with E-state index in [4.69, 9.17) is 5.73 Å². The topological polar surface area (TPSA) is 52.8 Å². The highest BCUT2D eigenvalue weighted by Crippen LogP contribution is 2.15. The molecule has 2 rings (SSSR count). The third kappa shape index (κ3) is 3.60. The smallest absolute Gasteiger partial charge is 0.320 e. The van der Waals surface area contributed by atoms with E-state index in [2.05, 4.69) is 11.8 Å². The molecule has 0 aromatic carbocycles. The molecule has 5 heteroatoms. The summed E-state index contributed by atoms with van der Waals surface area (Å²) in [5.41, 5.74) is 5.67. The first kappa shape index (κ1) is 14.6. The minimum Gasteiger partial charge on any atom is -0.330 e. The van der Waals surface area contributed by atoms with Crippen molar-refractivity contribution in [3.8, 4) is 0 Å². The van der Waals surface area contributed by atoms with Crippen molar-refractivity contribution in [1.82, 2.24) is 14.7 Å². The lowest BCUT2D eigenvalue weighted by molar-refractivity contribution is 0.0904. The molecule has 110 valence electrons. The minimum absolute atomic E-state index is 0.254. The van der Waals surface area contributed by atoms with Crippen LogP contribution in [0, 0.1) is 0 Å². The number of hydrogen-bond donors (Lipinski definition) is 1. The van der Waals surface area contributed by atoms with Gasteiger partial charge in [0.05, 0.1) is 0 Å². The van der Waals surface area contributed by atoms with Gasteiger partial charge in [-0.2, -0.15) is 0 Å². The number of likely N-dealkylation sites (tertiary alicyclic amines) is 1. The fourth-order valence-corrected chi connectivity index (χ4v) is 3.22. The third-order valence-corrected chi connectivity index (χ3v) is 4.45. The number of nitrogens with zero attached hydrogens (tertiary/aromatic N) is 3. The maximum Gasteiger partial charge on any atom is 0.320 e. The molecular weight excluding hydrogens is 240 g/mol. The van der Waals surface area contributed by atoms with Gasteiger partial charge in [0.25, 0.3) is 0 Å². The average Bonchev–Trinajstić information content (AvgIpc) is 2.98. The lowest BCUT2D eigenvalue weighted by Gasteiger charge is -2.40. The van der Waals surface area contributed by atoms with Crippen LogP contribution in [0.5, 0.6) is 0 Å². The Bertz CT molecular complexity index is 283. The summed E-state index contributed by atoms with van der Waals surface area (Å²) in [7, 11) is 0. The van der Waals surface area contributed by atoms with Crippen molar-refractivity contribution in [2.45, 2.75) is 38.6 Å². The van der Waals surface area contributed by atoms with Gasteiger partial charge >= 0.3 is 6.03 Å². The van der Waals surface area contributed by atoms with Gasteiger partial charge < -0.3 is 15.5 Å². The molecule has 0 bridgehead atoms. The van der Waals surface area contributed by atoms with Crippen molar-refractivity contribution in [3.05, 3.63) is 0 Å². The molecule has 0 aliphatic carbocycles. The van der Waals surface area contributed by atoms with E-state index in [9.17, 15) is 4.79 Å². The summed E-state index contributed by atoms with van der Waals surface area (Å²) in [4.78, 5) is 18.8. The van der Waals surface area contributed by atoms with Crippen molar-refractivity contribution in [2.75, 3.05) is 45.8 Å². The van der Waals surface area contributed by atoms with Gasteiger partial charge in [0.15, 0.2) is 0 Å². The number of carbonyl (C=O) groups is 1. The first-order valence-corrected chi connectivity index (χ1v) is 7.74. The van der Waals surface area contributed by atoms with Crippen LogP contribution >= 0.6 is 0 Å². The molecule has 0 aromatic heterocycles. The number of amides is 2. The standard InChI is InChI=1S/C14H28N4O/c1-2-13(5-6-15)16-9-11-18(12-10-16)14(19)17-7-3-4-8-17/h13H,2-12,15H2,1H3. The molecule has 0 aromatic rings. The number of nitrogens with two attached hydrogens (primary N) is 1. The van der Waals surface area contributed by atoms with Crippen molar-refractivity contribution >= 4 is 6.03 Å². The Hall–Kier alpha value is -0.810. The molecule has 2 heterocycles. The predicted octanol–water partition coefficient (Wildman–Crippen LogP) is 0.947. The molecule has 2 N–H and O–H groups in total. The van der Waals surface area contributed by atoms with Gasteiger partial charge in [-0.05, 0) is 32.2 Å². The molecule has 0 spiro atoms. The van der Waals surface area contributed by atoms with Gasteiger partial charge in [-0.25, -0.2) is 4.79 Å². The fourth-order valence-electron chi connectivity index (χ4n) is 3.22.